The van der Waals surface area contributed by atoms with Gasteiger partial charge < -0.3 is 14.9 Å². The summed E-state index contributed by atoms with van der Waals surface area (Å²) in [5.74, 6) is -1.67. The summed E-state index contributed by atoms with van der Waals surface area (Å²) in [6.07, 6.45) is 0. The van der Waals surface area contributed by atoms with Gasteiger partial charge >= 0.3 is 11.9 Å². The highest BCUT2D eigenvalue weighted by Gasteiger charge is 2.34. The largest absolute Gasteiger partial charge is 0.481 e. The Bertz CT molecular complexity index is 205. The predicted octanol–water partition coefficient (Wildman–Crippen LogP) is 0.0478. The van der Waals surface area contributed by atoms with Crippen LogP contribution in [0.4, 0.5) is 0 Å². The van der Waals surface area contributed by atoms with Crippen molar-refractivity contribution < 1.29 is 24.5 Å². The Labute approximate surface area is 89.2 Å². The van der Waals surface area contributed by atoms with Crippen molar-refractivity contribution in [1.82, 2.24) is 0 Å². The summed E-state index contributed by atoms with van der Waals surface area (Å²) in [6, 6.07) is 0. The molecule has 0 radical (unpaired) electrons. The Hall–Kier alpha value is -0.370. The third kappa shape index (κ3) is 3.90. The van der Waals surface area contributed by atoms with Crippen molar-refractivity contribution in [2.24, 2.45) is 5.41 Å². The molecule has 0 amide bonds. The third-order valence-electron chi connectivity index (χ3n) is 1.53. The topological polar surface area (TPSA) is 83.8 Å². The number of aliphatic hydroxyl groups is 1. The molecule has 0 aliphatic rings. The third-order valence-corrected chi connectivity index (χ3v) is 2.15. The number of carbonyl (C=O) groups excluding carboxylic acids is 1. The minimum Gasteiger partial charge on any atom is -0.481 e. The van der Waals surface area contributed by atoms with E-state index < -0.39 is 24.0 Å². The molecule has 1 unspecified atom stereocenters. The Morgan fingerprint density at radius 1 is 1.54 bits per heavy atom. The van der Waals surface area contributed by atoms with Gasteiger partial charge in [-0.15, -0.1) is 0 Å². The van der Waals surface area contributed by atoms with Gasteiger partial charge in [0.2, 0.25) is 0 Å². The Morgan fingerprint density at radius 2 is 2.08 bits per heavy atom. The molecule has 0 saturated heterocycles. The van der Waals surface area contributed by atoms with E-state index in [0.29, 0.717) is 0 Å². The first-order valence-corrected chi connectivity index (χ1v) is 5.04. The smallest absolute Gasteiger partial charge is 0.315 e. The van der Waals surface area contributed by atoms with Crippen LogP contribution in [-0.2, 0) is 14.3 Å². The van der Waals surface area contributed by atoms with Crippen LogP contribution in [0.25, 0.3) is 0 Å². The quantitative estimate of drug-likeness (QED) is 0.426. The number of carboxylic acids is 1. The zero-order valence-electron chi connectivity index (χ0n) is 7.12. The highest BCUT2D eigenvalue weighted by molar-refractivity contribution is 14.1. The maximum absolute atomic E-state index is 10.7. The van der Waals surface area contributed by atoms with Gasteiger partial charge in [0.1, 0.15) is 12.0 Å². The maximum atomic E-state index is 10.7. The number of halogens is 1. The second-order valence-corrected chi connectivity index (χ2v) is 3.58. The monoisotopic (exact) mass is 302 g/mol. The molecule has 0 aliphatic heterocycles. The summed E-state index contributed by atoms with van der Waals surface area (Å²) < 4.78 is 4.79. The number of carboxylic acid groups (broad SMARTS) is 1. The molecule has 0 fully saturated rings. The minimum absolute atomic E-state index is 0.166. The molecule has 2 N–H and O–H groups in total. The Morgan fingerprint density at radius 3 is 2.38 bits per heavy atom. The average molecular weight is 302 g/mol. The lowest BCUT2D eigenvalue weighted by molar-refractivity contribution is -0.159. The number of hydrogen-bond donors (Lipinski definition) is 2. The van der Waals surface area contributed by atoms with Crippen molar-refractivity contribution in [1.29, 1.82) is 0 Å². The molecule has 6 heteroatoms. The maximum Gasteiger partial charge on any atom is 0.315 e. The van der Waals surface area contributed by atoms with Crippen LogP contribution in [0.1, 0.15) is 6.92 Å². The first-order chi connectivity index (χ1) is 5.96. The van der Waals surface area contributed by atoms with Crippen LogP contribution in [0.15, 0.2) is 0 Å². The number of ether oxygens (including phenoxy) is 1. The van der Waals surface area contributed by atoms with E-state index in [1.54, 1.807) is 0 Å². The Balaban J connectivity index is 4.13. The molecule has 0 heterocycles. The molecule has 0 rings (SSSR count). The highest BCUT2D eigenvalue weighted by Crippen LogP contribution is 2.16. The van der Waals surface area contributed by atoms with Crippen LogP contribution < -0.4 is 0 Å². The van der Waals surface area contributed by atoms with Crippen molar-refractivity contribution in [2.75, 3.05) is 17.6 Å². The summed E-state index contributed by atoms with van der Waals surface area (Å²) >= 11 is 1.81. The molecule has 1 atom stereocenters. The summed E-state index contributed by atoms with van der Waals surface area (Å²) in [6.45, 7) is 0.452. The zero-order valence-corrected chi connectivity index (χ0v) is 9.28. The van der Waals surface area contributed by atoms with E-state index in [-0.39, 0.29) is 11.0 Å². The fourth-order valence-corrected chi connectivity index (χ4v) is 0.674. The van der Waals surface area contributed by atoms with Gasteiger partial charge in [-0.2, -0.15) is 0 Å². The normalized spacial score (nSPS) is 14.7. The number of rotatable bonds is 5. The number of alkyl halides is 1. The molecule has 0 aromatic carbocycles. The van der Waals surface area contributed by atoms with E-state index in [1.165, 1.54) is 6.92 Å². The first-order valence-electron chi connectivity index (χ1n) is 3.52. The lowest BCUT2D eigenvalue weighted by Crippen LogP contribution is -2.37. The number of aliphatic hydroxyl groups excluding tert-OH is 1. The van der Waals surface area contributed by atoms with Gasteiger partial charge in [-0.3, -0.25) is 9.59 Å². The van der Waals surface area contributed by atoms with Crippen LogP contribution in [0.2, 0.25) is 0 Å². The van der Waals surface area contributed by atoms with Crippen LogP contribution >= 0.6 is 22.6 Å². The van der Waals surface area contributed by atoms with Crippen molar-refractivity contribution in [3.05, 3.63) is 0 Å². The number of carbonyl (C=O) groups is 2. The van der Waals surface area contributed by atoms with Gasteiger partial charge in [-0.25, -0.2) is 0 Å². The number of esters is 1. The highest BCUT2D eigenvalue weighted by atomic mass is 127. The summed E-state index contributed by atoms with van der Waals surface area (Å²) in [7, 11) is 0. The van der Waals surface area contributed by atoms with Crippen LogP contribution in [0.5, 0.6) is 0 Å². The van der Waals surface area contributed by atoms with E-state index >= 15 is 0 Å². The first kappa shape index (κ1) is 12.6. The van der Waals surface area contributed by atoms with Crippen LogP contribution in [-0.4, -0.2) is 39.8 Å². The van der Waals surface area contributed by atoms with Gasteiger partial charge in [0.15, 0.2) is 0 Å². The Kier molecular flexibility index (Phi) is 5.23. The van der Waals surface area contributed by atoms with Gasteiger partial charge in [-0.05, 0) is 6.92 Å². The molecule has 76 valence electrons. The van der Waals surface area contributed by atoms with E-state index in [2.05, 4.69) is 4.74 Å². The molecular weight excluding hydrogens is 291 g/mol. The molecule has 5 nitrogen and oxygen atoms in total. The van der Waals surface area contributed by atoms with Crippen molar-refractivity contribution in [3.8, 4) is 0 Å². The van der Waals surface area contributed by atoms with Gasteiger partial charge in [0.25, 0.3) is 0 Å². The van der Waals surface area contributed by atoms with E-state index in [9.17, 15) is 9.59 Å². The van der Waals surface area contributed by atoms with Crippen molar-refractivity contribution >= 4 is 34.5 Å². The number of hydrogen-bond acceptors (Lipinski definition) is 4. The van der Waals surface area contributed by atoms with Crippen molar-refractivity contribution in [2.45, 2.75) is 6.92 Å². The lowest BCUT2D eigenvalue weighted by Gasteiger charge is -2.20. The van der Waals surface area contributed by atoms with E-state index in [1.807, 2.05) is 22.6 Å². The zero-order chi connectivity index (χ0) is 10.5. The van der Waals surface area contributed by atoms with E-state index in [0.717, 1.165) is 0 Å². The molecule has 0 aliphatic carbocycles. The van der Waals surface area contributed by atoms with Crippen molar-refractivity contribution in [3.63, 3.8) is 0 Å². The number of aliphatic carboxylic acids is 1. The fourth-order valence-electron chi connectivity index (χ4n) is 0.453. The fraction of sp³-hybridized carbons (Fsp3) is 0.714. The predicted molar refractivity (Wildman–Crippen MR) is 52.7 cm³/mol. The van der Waals surface area contributed by atoms with Gasteiger partial charge in [0.05, 0.1) is 11.0 Å². The van der Waals surface area contributed by atoms with Gasteiger partial charge in [0, 0.05) is 0 Å². The summed E-state index contributed by atoms with van der Waals surface area (Å²) in [5, 5.41) is 17.4. The van der Waals surface area contributed by atoms with Gasteiger partial charge in [-0.1, -0.05) is 22.6 Å². The molecule has 0 aromatic rings. The second kappa shape index (κ2) is 5.38. The molecule has 0 bridgehead atoms. The summed E-state index contributed by atoms with van der Waals surface area (Å²) in [4.78, 5) is 21.3. The molecular formula is C7H11IO5. The average Bonchev–Trinajstić information content (AvgIpc) is 2.13. The molecule has 13 heavy (non-hydrogen) atoms. The van der Waals surface area contributed by atoms with Crippen LogP contribution in [0, 0.1) is 5.41 Å². The van der Waals surface area contributed by atoms with E-state index in [4.69, 9.17) is 10.2 Å². The molecule has 0 spiro atoms. The minimum atomic E-state index is -1.40. The second-order valence-electron chi connectivity index (χ2n) is 2.82. The molecule has 0 saturated carbocycles. The summed E-state index contributed by atoms with van der Waals surface area (Å²) in [5.41, 5.74) is -1.40. The SMILES string of the molecule is CC(CO)(COC(=O)CI)C(=O)O. The molecule has 0 aromatic heterocycles. The lowest BCUT2D eigenvalue weighted by atomic mass is 9.93. The standard InChI is InChI=1S/C7H11IO5/c1-7(3-9,6(11)12)4-13-5(10)2-8/h9H,2-4H2,1H3,(H,11,12). The van der Waals surface area contributed by atoms with Crippen LogP contribution in [0.3, 0.4) is 0 Å².